The van der Waals surface area contributed by atoms with Crippen LogP contribution in [0.1, 0.15) is 32.6 Å². The van der Waals surface area contributed by atoms with Crippen LogP contribution in [0, 0.1) is 6.42 Å². The molecule has 0 bridgehead atoms. The molecule has 1 aliphatic carbocycles. The van der Waals surface area contributed by atoms with Crippen molar-refractivity contribution >= 4 is 0 Å². The molecule has 1 unspecified atom stereocenters. The lowest BCUT2D eigenvalue weighted by Gasteiger charge is -2.21. The molecule has 1 nitrogen and oxygen atoms in total. The van der Waals surface area contributed by atoms with Crippen molar-refractivity contribution in [3.8, 4) is 0 Å². The summed E-state index contributed by atoms with van der Waals surface area (Å²) in [4.78, 5) is 0. The van der Waals surface area contributed by atoms with Crippen LogP contribution in [0.25, 0.3) is 0 Å². The molecule has 0 aromatic carbocycles. The van der Waals surface area contributed by atoms with Crippen LogP contribution in [0.5, 0.6) is 0 Å². The number of hydrogen-bond donors (Lipinski definition) is 1. The lowest BCUT2D eigenvalue weighted by Crippen LogP contribution is -2.30. The van der Waals surface area contributed by atoms with Crippen molar-refractivity contribution in [2.75, 3.05) is 6.54 Å². The Morgan fingerprint density at radius 3 is 3.00 bits per heavy atom. The maximum absolute atomic E-state index is 3.43. The SMILES string of the molecule is CCNC1[CH]CCCC1. The molecule has 1 heteroatoms. The van der Waals surface area contributed by atoms with Gasteiger partial charge in [-0.1, -0.05) is 19.8 Å². The van der Waals surface area contributed by atoms with Gasteiger partial charge in [-0.2, -0.15) is 0 Å². The van der Waals surface area contributed by atoms with Gasteiger partial charge in [0.25, 0.3) is 0 Å². The predicted octanol–water partition coefficient (Wildman–Crippen LogP) is 1.74. The van der Waals surface area contributed by atoms with E-state index in [4.69, 9.17) is 0 Å². The van der Waals surface area contributed by atoms with E-state index in [1.54, 1.807) is 0 Å². The summed E-state index contributed by atoms with van der Waals surface area (Å²) in [5.74, 6) is 0. The highest BCUT2D eigenvalue weighted by molar-refractivity contribution is 4.85. The molecule has 1 aliphatic rings. The summed E-state index contributed by atoms with van der Waals surface area (Å²) in [5.41, 5.74) is 0. The summed E-state index contributed by atoms with van der Waals surface area (Å²) < 4.78 is 0. The zero-order valence-electron chi connectivity index (χ0n) is 6.19. The summed E-state index contributed by atoms with van der Waals surface area (Å²) in [6, 6.07) is 0.726. The minimum absolute atomic E-state index is 0.726. The van der Waals surface area contributed by atoms with Crippen molar-refractivity contribution in [3.63, 3.8) is 0 Å². The van der Waals surface area contributed by atoms with Crippen LogP contribution in [0.4, 0.5) is 0 Å². The zero-order valence-corrected chi connectivity index (χ0v) is 6.19. The summed E-state index contributed by atoms with van der Waals surface area (Å²) >= 11 is 0. The fourth-order valence-electron chi connectivity index (χ4n) is 1.39. The molecule has 1 saturated carbocycles. The first-order chi connectivity index (χ1) is 4.43. The molecule has 9 heavy (non-hydrogen) atoms. The van der Waals surface area contributed by atoms with E-state index in [0.717, 1.165) is 12.6 Å². The standard InChI is InChI=1S/C8H16N/c1-2-9-8-6-4-3-5-7-8/h6,8-9H,2-5,7H2,1H3. The minimum atomic E-state index is 0.726. The Morgan fingerprint density at radius 1 is 1.56 bits per heavy atom. The van der Waals surface area contributed by atoms with Crippen molar-refractivity contribution in [2.45, 2.75) is 38.6 Å². The molecule has 1 atom stereocenters. The van der Waals surface area contributed by atoms with Crippen LogP contribution in [-0.2, 0) is 0 Å². The van der Waals surface area contributed by atoms with Gasteiger partial charge in [-0.25, -0.2) is 0 Å². The third-order valence-corrected chi connectivity index (χ3v) is 1.89. The van der Waals surface area contributed by atoms with Crippen molar-refractivity contribution < 1.29 is 0 Å². The highest BCUT2D eigenvalue weighted by Crippen LogP contribution is 2.15. The monoisotopic (exact) mass is 126 g/mol. The summed E-state index contributed by atoms with van der Waals surface area (Å²) in [7, 11) is 0. The first-order valence-electron chi connectivity index (χ1n) is 4.00. The molecule has 1 N–H and O–H groups in total. The molecule has 0 aliphatic heterocycles. The van der Waals surface area contributed by atoms with Crippen LogP contribution in [0.3, 0.4) is 0 Å². The maximum atomic E-state index is 3.43. The minimum Gasteiger partial charge on any atom is -0.314 e. The Labute approximate surface area is 57.8 Å². The van der Waals surface area contributed by atoms with E-state index in [0.29, 0.717) is 0 Å². The molecule has 1 radical (unpaired) electrons. The number of rotatable bonds is 2. The summed E-state index contributed by atoms with van der Waals surface area (Å²) in [5, 5.41) is 3.43. The average Bonchev–Trinajstić information content (AvgIpc) is 1.91. The number of nitrogens with one attached hydrogen (secondary N) is 1. The molecule has 0 aromatic rings. The Kier molecular flexibility index (Phi) is 3.05. The fraction of sp³-hybridized carbons (Fsp3) is 0.875. The van der Waals surface area contributed by atoms with Crippen LogP contribution >= 0.6 is 0 Å². The van der Waals surface area contributed by atoms with E-state index in [2.05, 4.69) is 18.7 Å². The second-order valence-corrected chi connectivity index (χ2v) is 2.68. The molecule has 1 rings (SSSR count). The van der Waals surface area contributed by atoms with E-state index in [1.165, 1.54) is 25.7 Å². The molecule has 0 amide bonds. The third kappa shape index (κ3) is 2.35. The van der Waals surface area contributed by atoms with Crippen molar-refractivity contribution in [1.29, 1.82) is 0 Å². The lowest BCUT2D eigenvalue weighted by atomic mass is 9.96. The van der Waals surface area contributed by atoms with Gasteiger partial charge in [-0.05, 0) is 25.8 Å². The molecule has 1 fully saturated rings. The van der Waals surface area contributed by atoms with Gasteiger partial charge in [0.1, 0.15) is 0 Å². The molecule has 0 saturated heterocycles. The normalized spacial score (nSPS) is 22.3. The average molecular weight is 126 g/mol. The van der Waals surface area contributed by atoms with Gasteiger partial charge in [-0.3, -0.25) is 0 Å². The van der Waals surface area contributed by atoms with Gasteiger partial charge in [0.15, 0.2) is 0 Å². The van der Waals surface area contributed by atoms with Gasteiger partial charge < -0.3 is 5.32 Å². The molecular formula is C8H16N. The predicted molar refractivity (Wildman–Crippen MR) is 40.2 cm³/mol. The van der Waals surface area contributed by atoms with E-state index >= 15 is 0 Å². The van der Waals surface area contributed by atoms with Gasteiger partial charge in [0, 0.05) is 6.04 Å². The Hall–Kier alpha value is -0.0400. The van der Waals surface area contributed by atoms with Crippen molar-refractivity contribution in [2.24, 2.45) is 0 Å². The Bertz CT molecular complexity index is 62.2. The first kappa shape index (κ1) is 7.07. The summed E-state index contributed by atoms with van der Waals surface area (Å²) in [6.07, 6.45) is 7.90. The highest BCUT2D eigenvalue weighted by atomic mass is 14.9. The third-order valence-electron chi connectivity index (χ3n) is 1.89. The lowest BCUT2D eigenvalue weighted by molar-refractivity contribution is 0.457. The summed E-state index contributed by atoms with van der Waals surface area (Å²) in [6.45, 7) is 3.28. The van der Waals surface area contributed by atoms with E-state index in [-0.39, 0.29) is 0 Å². The maximum Gasteiger partial charge on any atom is 0.00984 e. The van der Waals surface area contributed by atoms with Crippen molar-refractivity contribution in [1.82, 2.24) is 5.32 Å². The van der Waals surface area contributed by atoms with Gasteiger partial charge >= 0.3 is 0 Å². The second-order valence-electron chi connectivity index (χ2n) is 2.68. The Morgan fingerprint density at radius 2 is 2.44 bits per heavy atom. The first-order valence-corrected chi connectivity index (χ1v) is 4.00. The molecular weight excluding hydrogens is 110 g/mol. The van der Waals surface area contributed by atoms with Gasteiger partial charge in [0.05, 0.1) is 0 Å². The molecule has 53 valence electrons. The van der Waals surface area contributed by atoms with Crippen molar-refractivity contribution in [3.05, 3.63) is 6.42 Å². The molecule has 0 spiro atoms. The van der Waals surface area contributed by atoms with Crippen LogP contribution in [-0.4, -0.2) is 12.6 Å². The largest absolute Gasteiger partial charge is 0.314 e. The zero-order chi connectivity index (χ0) is 6.53. The van der Waals surface area contributed by atoms with Gasteiger partial charge in [0.2, 0.25) is 0 Å². The second kappa shape index (κ2) is 3.89. The van der Waals surface area contributed by atoms with Crippen LogP contribution < -0.4 is 5.32 Å². The smallest absolute Gasteiger partial charge is 0.00984 e. The topological polar surface area (TPSA) is 12.0 Å². The van der Waals surface area contributed by atoms with E-state index < -0.39 is 0 Å². The highest BCUT2D eigenvalue weighted by Gasteiger charge is 2.10. The van der Waals surface area contributed by atoms with Crippen LogP contribution in [0.15, 0.2) is 0 Å². The van der Waals surface area contributed by atoms with Crippen LogP contribution in [0.2, 0.25) is 0 Å². The number of hydrogen-bond acceptors (Lipinski definition) is 1. The molecule has 0 aromatic heterocycles. The van der Waals surface area contributed by atoms with Gasteiger partial charge in [-0.15, -0.1) is 0 Å². The van der Waals surface area contributed by atoms with E-state index in [1.807, 2.05) is 0 Å². The molecule has 0 heterocycles. The van der Waals surface area contributed by atoms with E-state index in [9.17, 15) is 0 Å². The fourth-order valence-corrected chi connectivity index (χ4v) is 1.39. The quantitative estimate of drug-likeness (QED) is 0.594. The Balaban J connectivity index is 2.08.